The predicted molar refractivity (Wildman–Crippen MR) is 124 cm³/mol. The molecule has 0 unspecified atom stereocenters. The lowest BCUT2D eigenvalue weighted by atomic mass is 10.2. The fraction of sp³-hybridized carbons (Fsp3) is 0.182. The van der Waals surface area contributed by atoms with Gasteiger partial charge in [0.1, 0.15) is 6.61 Å². The van der Waals surface area contributed by atoms with Crippen molar-refractivity contribution < 1.29 is 14.4 Å². The van der Waals surface area contributed by atoms with Crippen molar-refractivity contribution in [2.24, 2.45) is 0 Å². The van der Waals surface area contributed by atoms with Crippen LogP contribution in [0.25, 0.3) is 0 Å². The summed E-state index contributed by atoms with van der Waals surface area (Å²) in [6, 6.07) is 15.1. The van der Waals surface area contributed by atoms with Crippen molar-refractivity contribution in [3.8, 4) is 11.5 Å². The molecule has 0 bridgehead atoms. The number of nitro groups is 1. The highest BCUT2D eigenvalue weighted by Gasteiger charge is 2.14. The molecule has 0 amide bonds. The van der Waals surface area contributed by atoms with Gasteiger partial charge < -0.3 is 14.8 Å². The van der Waals surface area contributed by atoms with E-state index in [2.05, 4.69) is 5.32 Å². The number of nitro benzene ring substituents is 1. The zero-order chi connectivity index (χ0) is 22.4. The van der Waals surface area contributed by atoms with E-state index in [0.717, 1.165) is 16.8 Å². The molecule has 0 spiro atoms. The highest BCUT2D eigenvalue weighted by atomic mass is 35.5. The summed E-state index contributed by atoms with van der Waals surface area (Å²) in [5.74, 6) is 0.962. The van der Waals surface area contributed by atoms with Crippen LogP contribution in [0.3, 0.4) is 0 Å². The third-order valence-corrected chi connectivity index (χ3v) is 5.33. The van der Waals surface area contributed by atoms with Gasteiger partial charge in [0.2, 0.25) is 0 Å². The average Bonchev–Trinajstić information content (AvgIpc) is 2.74. The molecule has 0 heterocycles. The van der Waals surface area contributed by atoms with Gasteiger partial charge in [-0.25, -0.2) is 0 Å². The maximum atomic E-state index is 10.8. The minimum atomic E-state index is -0.436. The highest BCUT2D eigenvalue weighted by Crippen LogP contribution is 2.37. The van der Waals surface area contributed by atoms with Crippen LogP contribution in [0.1, 0.15) is 18.1 Å². The Morgan fingerprint density at radius 3 is 2.26 bits per heavy atom. The number of ether oxygens (including phenoxy) is 2. The number of hydrogen-bond donors (Lipinski definition) is 1. The Kier molecular flexibility index (Phi) is 7.85. The summed E-state index contributed by atoms with van der Waals surface area (Å²) in [5, 5.41) is 15.3. The maximum Gasteiger partial charge on any atom is 0.269 e. The number of non-ortho nitro benzene ring substituents is 1. The molecule has 0 saturated carbocycles. The Bertz CT molecular complexity index is 1080. The molecule has 6 nitrogen and oxygen atoms in total. The summed E-state index contributed by atoms with van der Waals surface area (Å²) in [5.41, 5.74) is 2.50. The first-order valence-corrected chi connectivity index (χ1v) is 10.5. The van der Waals surface area contributed by atoms with Gasteiger partial charge in [0.15, 0.2) is 11.5 Å². The smallest absolute Gasteiger partial charge is 0.269 e. The minimum absolute atomic E-state index is 0.0377. The van der Waals surface area contributed by atoms with Crippen molar-refractivity contribution in [3.63, 3.8) is 0 Å². The third-order valence-electron chi connectivity index (χ3n) is 4.31. The first kappa shape index (κ1) is 23.0. The van der Waals surface area contributed by atoms with Crippen LogP contribution in [-0.2, 0) is 13.2 Å². The molecular formula is C22H19Cl3N2O4. The third kappa shape index (κ3) is 6.17. The van der Waals surface area contributed by atoms with Crippen LogP contribution in [0.4, 0.5) is 11.4 Å². The van der Waals surface area contributed by atoms with Gasteiger partial charge >= 0.3 is 0 Å². The standard InChI is InChI=1S/C22H19Cl3N2O4/c1-2-30-21-11-15(12-26-16-4-6-17(7-5-16)27(28)29)10-20(25)22(21)31-13-14-3-8-18(23)19(24)9-14/h3-11,26H,2,12-13H2,1H3. The lowest BCUT2D eigenvalue weighted by molar-refractivity contribution is -0.384. The van der Waals surface area contributed by atoms with Crippen LogP contribution >= 0.6 is 34.8 Å². The highest BCUT2D eigenvalue weighted by molar-refractivity contribution is 6.42. The molecule has 0 radical (unpaired) electrons. The van der Waals surface area contributed by atoms with Gasteiger partial charge in [-0.05, 0) is 54.4 Å². The molecule has 9 heteroatoms. The lowest BCUT2D eigenvalue weighted by Crippen LogP contribution is -2.04. The molecule has 162 valence electrons. The summed E-state index contributed by atoms with van der Waals surface area (Å²) in [7, 11) is 0. The molecule has 0 aliphatic heterocycles. The largest absolute Gasteiger partial charge is 0.490 e. The summed E-state index contributed by atoms with van der Waals surface area (Å²) >= 11 is 18.5. The second kappa shape index (κ2) is 10.6. The van der Waals surface area contributed by atoms with Crippen LogP contribution in [-0.4, -0.2) is 11.5 Å². The zero-order valence-corrected chi connectivity index (χ0v) is 18.8. The lowest BCUT2D eigenvalue weighted by Gasteiger charge is -2.16. The molecule has 0 atom stereocenters. The van der Waals surface area contributed by atoms with E-state index in [0.29, 0.717) is 39.7 Å². The van der Waals surface area contributed by atoms with Crippen molar-refractivity contribution in [2.45, 2.75) is 20.1 Å². The minimum Gasteiger partial charge on any atom is -0.490 e. The molecule has 1 N–H and O–H groups in total. The Hall–Kier alpha value is -2.67. The maximum absolute atomic E-state index is 10.8. The quantitative estimate of drug-likeness (QED) is 0.259. The van der Waals surface area contributed by atoms with Crippen molar-refractivity contribution in [3.05, 3.63) is 90.9 Å². The van der Waals surface area contributed by atoms with Crippen molar-refractivity contribution >= 4 is 46.2 Å². The Morgan fingerprint density at radius 2 is 1.61 bits per heavy atom. The molecule has 0 saturated heterocycles. The first-order chi connectivity index (χ1) is 14.9. The summed E-state index contributed by atoms with van der Waals surface area (Å²) < 4.78 is 11.6. The Balaban J connectivity index is 1.72. The first-order valence-electron chi connectivity index (χ1n) is 9.37. The van der Waals surface area contributed by atoms with Gasteiger partial charge in [-0.3, -0.25) is 10.1 Å². The monoisotopic (exact) mass is 480 g/mol. The van der Waals surface area contributed by atoms with Gasteiger partial charge in [-0.15, -0.1) is 0 Å². The van der Waals surface area contributed by atoms with E-state index >= 15 is 0 Å². The van der Waals surface area contributed by atoms with E-state index in [1.165, 1.54) is 12.1 Å². The average molecular weight is 482 g/mol. The van der Waals surface area contributed by atoms with E-state index in [-0.39, 0.29) is 12.3 Å². The summed E-state index contributed by atoms with van der Waals surface area (Å²) in [6.07, 6.45) is 0. The molecule has 31 heavy (non-hydrogen) atoms. The molecular weight excluding hydrogens is 463 g/mol. The molecule has 3 rings (SSSR count). The zero-order valence-electron chi connectivity index (χ0n) is 16.5. The molecule has 0 aromatic heterocycles. The van der Waals surface area contributed by atoms with Gasteiger partial charge in [0.25, 0.3) is 5.69 Å². The van der Waals surface area contributed by atoms with Gasteiger partial charge in [-0.2, -0.15) is 0 Å². The van der Waals surface area contributed by atoms with E-state index in [1.807, 2.05) is 19.1 Å². The van der Waals surface area contributed by atoms with Crippen molar-refractivity contribution in [1.82, 2.24) is 0 Å². The molecule has 0 fully saturated rings. The van der Waals surface area contributed by atoms with Gasteiger partial charge in [0, 0.05) is 24.4 Å². The van der Waals surface area contributed by atoms with E-state index in [9.17, 15) is 10.1 Å². The van der Waals surface area contributed by atoms with Crippen LogP contribution in [0.2, 0.25) is 15.1 Å². The van der Waals surface area contributed by atoms with E-state index in [1.54, 1.807) is 30.3 Å². The van der Waals surface area contributed by atoms with E-state index in [4.69, 9.17) is 44.3 Å². The predicted octanol–water partition coefficient (Wildman–Crippen LogP) is 7.14. The fourth-order valence-electron chi connectivity index (χ4n) is 2.82. The second-order valence-corrected chi connectivity index (χ2v) is 7.75. The summed E-state index contributed by atoms with van der Waals surface area (Å²) in [4.78, 5) is 10.3. The Morgan fingerprint density at radius 1 is 0.903 bits per heavy atom. The van der Waals surface area contributed by atoms with Gasteiger partial charge in [-0.1, -0.05) is 40.9 Å². The molecule has 3 aromatic carbocycles. The van der Waals surface area contributed by atoms with Crippen LogP contribution in [0.15, 0.2) is 54.6 Å². The number of halogens is 3. The second-order valence-electron chi connectivity index (χ2n) is 6.53. The topological polar surface area (TPSA) is 73.6 Å². The number of nitrogens with one attached hydrogen (secondary N) is 1. The van der Waals surface area contributed by atoms with E-state index < -0.39 is 4.92 Å². The number of benzene rings is 3. The van der Waals surface area contributed by atoms with Crippen LogP contribution in [0, 0.1) is 10.1 Å². The van der Waals surface area contributed by atoms with Crippen LogP contribution < -0.4 is 14.8 Å². The molecule has 3 aromatic rings. The van der Waals surface area contributed by atoms with Gasteiger partial charge in [0.05, 0.1) is 26.6 Å². The van der Waals surface area contributed by atoms with Crippen LogP contribution in [0.5, 0.6) is 11.5 Å². The number of hydrogen-bond acceptors (Lipinski definition) is 5. The summed E-state index contributed by atoms with van der Waals surface area (Å²) in [6.45, 7) is 3.01. The number of anilines is 1. The number of nitrogens with zero attached hydrogens (tertiary/aromatic N) is 1. The SMILES string of the molecule is CCOc1cc(CNc2ccc([N+](=O)[O-])cc2)cc(Cl)c1OCc1ccc(Cl)c(Cl)c1. The molecule has 0 aliphatic rings. The Labute approximate surface area is 194 Å². The number of rotatable bonds is 9. The normalized spacial score (nSPS) is 10.6. The van der Waals surface area contributed by atoms with Crippen molar-refractivity contribution in [2.75, 3.05) is 11.9 Å². The van der Waals surface area contributed by atoms with Crippen molar-refractivity contribution in [1.29, 1.82) is 0 Å². The fourth-order valence-corrected chi connectivity index (χ4v) is 3.43. The molecule has 0 aliphatic carbocycles.